The molecule has 2 atom stereocenters. The van der Waals surface area contributed by atoms with Crippen molar-refractivity contribution in [3.63, 3.8) is 0 Å². The third-order valence-electron chi connectivity index (χ3n) is 3.95. The monoisotopic (exact) mass is 328 g/mol. The van der Waals surface area contributed by atoms with Gasteiger partial charge < -0.3 is 15.8 Å². The zero-order valence-electron chi connectivity index (χ0n) is 14.4. The summed E-state index contributed by atoms with van der Waals surface area (Å²) in [6, 6.07) is 7.98. The summed E-state index contributed by atoms with van der Waals surface area (Å²) in [6.45, 7) is 8.54. The summed E-state index contributed by atoms with van der Waals surface area (Å²) >= 11 is 0. The molecule has 7 nitrogen and oxygen atoms in total. The normalized spacial score (nSPS) is 21.6. The van der Waals surface area contributed by atoms with E-state index in [4.69, 9.17) is 10.5 Å². The Hall–Kier alpha value is -2.25. The van der Waals surface area contributed by atoms with Crippen LogP contribution in [0, 0.1) is 6.92 Å². The Bertz CT molecular complexity index is 697. The second-order valence-electron chi connectivity index (χ2n) is 6.32. The molecule has 24 heavy (non-hydrogen) atoms. The van der Waals surface area contributed by atoms with E-state index < -0.39 is 0 Å². The predicted molar refractivity (Wildman–Crippen MR) is 94.0 cm³/mol. The van der Waals surface area contributed by atoms with Gasteiger partial charge in [0.25, 0.3) is 0 Å². The van der Waals surface area contributed by atoms with E-state index in [1.165, 1.54) is 0 Å². The van der Waals surface area contributed by atoms with E-state index in [0.29, 0.717) is 18.3 Å². The quantitative estimate of drug-likeness (QED) is 0.888. The van der Waals surface area contributed by atoms with Crippen molar-refractivity contribution in [1.29, 1.82) is 0 Å². The molecule has 2 aromatic rings. The Balaban J connectivity index is 1.75. The van der Waals surface area contributed by atoms with Gasteiger partial charge in [0, 0.05) is 18.8 Å². The molecule has 0 unspecified atom stereocenters. The van der Waals surface area contributed by atoms with Crippen molar-refractivity contribution in [2.75, 3.05) is 24.1 Å². The Labute approximate surface area is 142 Å². The number of nitrogens with one attached hydrogen (secondary N) is 1. The van der Waals surface area contributed by atoms with E-state index >= 15 is 0 Å². The van der Waals surface area contributed by atoms with Crippen molar-refractivity contribution in [1.82, 2.24) is 19.9 Å². The highest BCUT2D eigenvalue weighted by Gasteiger charge is 2.23. The summed E-state index contributed by atoms with van der Waals surface area (Å²) < 4.78 is 5.76. The topological polar surface area (TPSA) is 89.2 Å². The van der Waals surface area contributed by atoms with Crippen molar-refractivity contribution in [2.45, 2.75) is 39.5 Å². The molecular formula is C17H24N6O. The summed E-state index contributed by atoms with van der Waals surface area (Å²) in [6.07, 6.45) is 0.412. The summed E-state index contributed by atoms with van der Waals surface area (Å²) in [7, 11) is 0. The predicted octanol–water partition coefficient (Wildman–Crippen LogP) is 2.12. The Morgan fingerprint density at radius 3 is 2.58 bits per heavy atom. The molecule has 1 saturated heterocycles. The van der Waals surface area contributed by atoms with Crippen LogP contribution in [-0.2, 0) is 11.3 Å². The zero-order valence-corrected chi connectivity index (χ0v) is 14.4. The Morgan fingerprint density at radius 1 is 1.17 bits per heavy atom. The van der Waals surface area contributed by atoms with E-state index in [1.807, 2.05) is 31.2 Å². The number of para-hydroxylation sites is 1. The lowest BCUT2D eigenvalue weighted by molar-refractivity contribution is -0.0710. The number of rotatable bonds is 4. The van der Waals surface area contributed by atoms with Gasteiger partial charge >= 0.3 is 0 Å². The molecular weight excluding hydrogens is 304 g/mol. The van der Waals surface area contributed by atoms with Gasteiger partial charge in [0.05, 0.1) is 18.8 Å². The number of hydrogen-bond donors (Lipinski definition) is 2. The van der Waals surface area contributed by atoms with Crippen LogP contribution in [0.1, 0.15) is 25.2 Å². The van der Waals surface area contributed by atoms with Gasteiger partial charge in [0.15, 0.2) is 0 Å². The average Bonchev–Trinajstić information content (AvgIpc) is 2.48. The summed E-state index contributed by atoms with van der Waals surface area (Å²) in [5, 5.41) is 3.22. The van der Waals surface area contributed by atoms with Crippen LogP contribution in [0.25, 0.3) is 0 Å². The van der Waals surface area contributed by atoms with Crippen LogP contribution in [-0.4, -0.2) is 45.1 Å². The van der Waals surface area contributed by atoms with Gasteiger partial charge in [-0.2, -0.15) is 15.0 Å². The molecule has 1 aliphatic rings. The molecule has 1 aromatic carbocycles. The highest BCUT2D eigenvalue weighted by molar-refractivity contribution is 5.58. The Kier molecular flexibility index (Phi) is 4.92. The molecule has 0 radical (unpaired) electrons. The highest BCUT2D eigenvalue weighted by atomic mass is 16.5. The fourth-order valence-corrected chi connectivity index (χ4v) is 3.01. The standard InChI is InChI=1S/C17H24N6O/c1-11-6-4-5-7-14(11)19-17-21-15(20-16(18)22-17)10-23-8-12(2)24-13(3)9-23/h4-7,12-13H,8-10H2,1-3H3,(H3,18,19,20,21,22)/t12-,13-/m1/s1. The molecule has 3 rings (SSSR count). The van der Waals surface area contributed by atoms with Crippen molar-refractivity contribution in [3.05, 3.63) is 35.7 Å². The van der Waals surface area contributed by atoms with E-state index in [-0.39, 0.29) is 18.2 Å². The first-order chi connectivity index (χ1) is 11.5. The molecule has 2 heterocycles. The lowest BCUT2D eigenvalue weighted by atomic mass is 10.2. The fraction of sp³-hybridized carbons (Fsp3) is 0.471. The van der Waals surface area contributed by atoms with Gasteiger partial charge in [-0.3, -0.25) is 4.90 Å². The number of hydrogen-bond acceptors (Lipinski definition) is 7. The molecule has 0 bridgehead atoms. The molecule has 1 fully saturated rings. The summed E-state index contributed by atoms with van der Waals surface area (Å²) in [4.78, 5) is 15.3. The minimum atomic E-state index is 0.206. The number of nitrogens with zero attached hydrogens (tertiary/aromatic N) is 4. The first-order valence-corrected chi connectivity index (χ1v) is 8.20. The molecule has 0 saturated carbocycles. The van der Waals surface area contributed by atoms with Gasteiger partial charge in [-0.25, -0.2) is 0 Å². The van der Waals surface area contributed by atoms with Crippen LogP contribution in [0.3, 0.4) is 0 Å². The van der Waals surface area contributed by atoms with Gasteiger partial charge in [-0.15, -0.1) is 0 Å². The van der Waals surface area contributed by atoms with E-state index in [9.17, 15) is 0 Å². The van der Waals surface area contributed by atoms with Gasteiger partial charge in [0.2, 0.25) is 11.9 Å². The SMILES string of the molecule is Cc1ccccc1Nc1nc(N)nc(CN2C[C@@H](C)O[C@H](C)C2)n1. The lowest BCUT2D eigenvalue weighted by Gasteiger charge is -2.34. The van der Waals surface area contributed by atoms with Crippen LogP contribution < -0.4 is 11.1 Å². The number of benzene rings is 1. The first-order valence-electron chi connectivity index (χ1n) is 8.20. The second-order valence-corrected chi connectivity index (χ2v) is 6.32. The largest absolute Gasteiger partial charge is 0.373 e. The van der Waals surface area contributed by atoms with Gasteiger partial charge in [-0.05, 0) is 32.4 Å². The minimum Gasteiger partial charge on any atom is -0.373 e. The van der Waals surface area contributed by atoms with Crippen molar-refractivity contribution in [2.24, 2.45) is 0 Å². The highest BCUT2D eigenvalue weighted by Crippen LogP contribution is 2.18. The van der Waals surface area contributed by atoms with Gasteiger partial charge in [-0.1, -0.05) is 18.2 Å². The van der Waals surface area contributed by atoms with Gasteiger partial charge in [0.1, 0.15) is 5.82 Å². The maximum absolute atomic E-state index is 5.87. The van der Waals surface area contributed by atoms with Crippen molar-refractivity contribution >= 4 is 17.6 Å². The molecule has 1 aromatic heterocycles. The maximum Gasteiger partial charge on any atom is 0.232 e. The third kappa shape index (κ3) is 4.18. The molecule has 0 amide bonds. The second kappa shape index (κ2) is 7.11. The molecule has 0 spiro atoms. The molecule has 1 aliphatic heterocycles. The molecule has 7 heteroatoms. The number of ether oxygens (including phenoxy) is 1. The van der Waals surface area contributed by atoms with E-state index in [0.717, 1.165) is 24.3 Å². The Morgan fingerprint density at radius 2 is 1.88 bits per heavy atom. The van der Waals surface area contributed by atoms with Crippen molar-refractivity contribution in [3.8, 4) is 0 Å². The molecule has 128 valence electrons. The van der Waals surface area contributed by atoms with Crippen LogP contribution in [0.4, 0.5) is 17.6 Å². The van der Waals surface area contributed by atoms with E-state index in [1.54, 1.807) is 0 Å². The van der Waals surface area contributed by atoms with Crippen LogP contribution in [0.15, 0.2) is 24.3 Å². The number of nitrogen functional groups attached to an aromatic ring is 1. The van der Waals surface area contributed by atoms with E-state index in [2.05, 4.69) is 39.0 Å². The summed E-state index contributed by atoms with van der Waals surface area (Å²) in [5.41, 5.74) is 7.95. The first kappa shape index (κ1) is 16.6. The third-order valence-corrected chi connectivity index (χ3v) is 3.95. The lowest BCUT2D eigenvalue weighted by Crippen LogP contribution is -2.45. The van der Waals surface area contributed by atoms with Crippen LogP contribution >= 0.6 is 0 Å². The van der Waals surface area contributed by atoms with Crippen molar-refractivity contribution < 1.29 is 4.74 Å². The zero-order chi connectivity index (χ0) is 17.1. The fourth-order valence-electron chi connectivity index (χ4n) is 3.01. The molecule has 0 aliphatic carbocycles. The number of anilines is 3. The number of morpholine rings is 1. The number of aromatic nitrogens is 3. The minimum absolute atomic E-state index is 0.206. The summed E-state index contributed by atoms with van der Waals surface area (Å²) in [5.74, 6) is 1.37. The number of aryl methyl sites for hydroxylation is 1. The maximum atomic E-state index is 5.87. The average molecular weight is 328 g/mol. The smallest absolute Gasteiger partial charge is 0.232 e. The van der Waals surface area contributed by atoms with Crippen LogP contribution in [0.5, 0.6) is 0 Å². The number of nitrogens with two attached hydrogens (primary N) is 1. The van der Waals surface area contributed by atoms with Crippen LogP contribution in [0.2, 0.25) is 0 Å². The molecule has 3 N–H and O–H groups in total.